The Kier molecular flexibility index (Phi) is 13.3. The fraction of sp³-hybridized carbons (Fsp3) is 0.167. The van der Waals surface area contributed by atoms with Crippen LogP contribution in [0.1, 0.15) is 6.42 Å². The zero-order valence-corrected chi connectivity index (χ0v) is 6.15. The van der Waals surface area contributed by atoms with Crippen molar-refractivity contribution in [1.29, 1.82) is 0 Å². The molecule has 0 bridgehead atoms. The van der Waals surface area contributed by atoms with E-state index < -0.39 is 0 Å². The molecule has 0 aromatic heterocycles. The zero-order chi connectivity index (χ0) is 5.54. The van der Waals surface area contributed by atoms with Gasteiger partial charge in [-0.3, -0.25) is 6.08 Å². The van der Waals surface area contributed by atoms with Gasteiger partial charge in [-0.15, -0.1) is 6.42 Å². The van der Waals surface area contributed by atoms with Crippen LogP contribution in [-0.4, -0.2) is 6.79 Å². The molecule has 1 radical (unpaired) electrons. The quantitative estimate of drug-likeness (QED) is 0.419. The van der Waals surface area contributed by atoms with Gasteiger partial charge in [0.05, 0.1) is 0 Å². The average molecular weight is 196 g/mol. The van der Waals surface area contributed by atoms with E-state index in [1.165, 1.54) is 0 Å². The van der Waals surface area contributed by atoms with Crippen LogP contribution in [0.3, 0.4) is 0 Å². The van der Waals surface area contributed by atoms with Gasteiger partial charge in [0.2, 0.25) is 0 Å². The number of carbonyl (C=O) groups excluding carboxylic acids is 1. The van der Waals surface area contributed by atoms with Crippen LogP contribution >= 0.6 is 0 Å². The number of hydrogen-bond donors (Lipinski definition) is 0. The Morgan fingerprint density at radius 1 is 1.50 bits per heavy atom. The van der Waals surface area contributed by atoms with Gasteiger partial charge in [-0.25, -0.2) is 12.2 Å². The first-order valence-electron chi connectivity index (χ1n) is 2.01. The molecule has 0 spiro atoms. The minimum Gasteiger partial charge on any atom is -0.307 e. The molecule has 1 aliphatic carbocycles. The van der Waals surface area contributed by atoms with Crippen LogP contribution < -0.4 is 0 Å². The summed E-state index contributed by atoms with van der Waals surface area (Å²) >= 11 is 0. The molecule has 0 unspecified atom stereocenters. The predicted molar refractivity (Wildman–Crippen MR) is 28.7 cm³/mol. The minimum absolute atomic E-state index is 0. The van der Waals surface area contributed by atoms with Crippen molar-refractivity contribution in [3.05, 3.63) is 24.3 Å². The minimum atomic E-state index is 0. The molecule has 8 heavy (non-hydrogen) atoms. The molecule has 1 nitrogen and oxygen atoms in total. The second kappa shape index (κ2) is 9.91. The van der Waals surface area contributed by atoms with Crippen LogP contribution in [0.15, 0.2) is 18.2 Å². The molecule has 0 saturated carbocycles. The first kappa shape index (κ1) is 10.7. The second-order valence-electron chi connectivity index (χ2n) is 1.00. The summed E-state index contributed by atoms with van der Waals surface area (Å²) in [5, 5.41) is 0. The first-order chi connectivity index (χ1) is 3.50. The Labute approximate surface area is 62.2 Å². The SMILES string of the molecule is C=O.[C-]1=CC=CC1.[Ru+]. The monoisotopic (exact) mass is 197 g/mol. The van der Waals surface area contributed by atoms with Gasteiger partial charge in [-0.05, 0) is 0 Å². The smallest absolute Gasteiger partial charge is 0.307 e. The molecule has 1 rings (SSSR count). The summed E-state index contributed by atoms with van der Waals surface area (Å²) in [6.45, 7) is 2.00. The fourth-order valence-electron chi connectivity index (χ4n) is 0.340. The topological polar surface area (TPSA) is 17.1 Å². The van der Waals surface area contributed by atoms with Gasteiger partial charge in [0.25, 0.3) is 0 Å². The summed E-state index contributed by atoms with van der Waals surface area (Å²) in [5.41, 5.74) is 0. The van der Waals surface area contributed by atoms with E-state index in [1.54, 1.807) is 0 Å². The normalized spacial score (nSPS) is 11.5. The van der Waals surface area contributed by atoms with Crippen molar-refractivity contribution in [3.8, 4) is 0 Å². The molecule has 0 aromatic carbocycles. The molecule has 1 aliphatic rings. The van der Waals surface area contributed by atoms with Crippen LogP contribution in [0.5, 0.6) is 0 Å². The maximum Gasteiger partial charge on any atom is 1.00 e. The Bertz CT molecular complexity index is 76.5. The van der Waals surface area contributed by atoms with Gasteiger partial charge in [0.1, 0.15) is 6.79 Å². The van der Waals surface area contributed by atoms with Gasteiger partial charge < -0.3 is 4.79 Å². The summed E-state index contributed by atoms with van der Waals surface area (Å²) in [4.78, 5) is 8.00. The summed E-state index contributed by atoms with van der Waals surface area (Å²) in [6.07, 6.45) is 10.0. The summed E-state index contributed by atoms with van der Waals surface area (Å²) in [5.74, 6) is 0. The first-order valence-corrected chi connectivity index (χ1v) is 2.01. The van der Waals surface area contributed by atoms with E-state index in [-0.39, 0.29) is 19.5 Å². The molecular weight excluding hydrogens is 189 g/mol. The summed E-state index contributed by atoms with van der Waals surface area (Å²) in [6, 6.07) is 0. The Morgan fingerprint density at radius 2 is 2.12 bits per heavy atom. The van der Waals surface area contributed by atoms with Crippen molar-refractivity contribution in [1.82, 2.24) is 0 Å². The third-order valence-electron chi connectivity index (χ3n) is 0.586. The maximum absolute atomic E-state index is 8.00. The van der Waals surface area contributed by atoms with Crippen molar-refractivity contribution in [2.75, 3.05) is 0 Å². The predicted octanol–water partition coefficient (Wildman–Crippen LogP) is 1.12. The maximum atomic E-state index is 8.00. The molecule has 0 N–H and O–H groups in total. The van der Waals surface area contributed by atoms with Crippen molar-refractivity contribution in [2.24, 2.45) is 0 Å². The number of rotatable bonds is 0. The van der Waals surface area contributed by atoms with Crippen molar-refractivity contribution >= 4 is 6.79 Å². The number of hydrogen-bond acceptors (Lipinski definition) is 1. The molecule has 45 valence electrons. The standard InChI is InChI=1S/C5H5.CH2O.Ru/c1-2-4-5-3-1;1-2;/h1-3H,4H2;1H2;/q-1;;+1. The average Bonchev–Trinajstić information content (AvgIpc) is 2.23. The molecule has 0 fully saturated rings. The fourth-order valence-corrected chi connectivity index (χ4v) is 0.340. The van der Waals surface area contributed by atoms with Crippen molar-refractivity contribution < 1.29 is 24.3 Å². The van der Waals surface area contributed by atoms with Gasteiger partial charge in [-0.2, -0.15) is 6.08 Å². The van der Waals surface area contributed by atoms with E-state index in [2.05, 4.69) is 12.2 Å². The molecular formula is C6H7ORu. The molecule has 0 amide bonds. The van der Waals surface area contributed by atoms with Gasteiger partial charge >= 0.3 is 19.5 Å². The van der Waals surface area contributed by atoms with Crippen LogP contribution in [0.25, 0.3) is 0 Å². The second-order valence-corrected chi connectivity index (χ2v) is 1.00. The Morgan fingerprint density at radius 3 is 2.25 bits per heavy atom. The van der Waals surface area contributed by atoms with E-state index in [0.29, 0.717) is 0 Å². The van der Waals surface area contributed by atoms with Crippen LogP contribution in [0.2, 0.25) is 0 Å². The zero-order valence-electron chi connectivity index (χ0n) is 4.41. The van der Waals surface area contributed by atoms with E-state index in [9.17, 15) is 0 Å². The van der Waals surface area contributed by atoms with Crippen LogP contribution in [-0.2, 0) is 24.3 Å². The third kappa shape index (κ3) is 5.77. The Balaban J connectivity index is 0. The van der Waals surface area contributed by atoms with Gasteiger partial charge in [0, 0.05) is 0 Å². The Hall–Kier alpha value is -0.227. The van der Waals surface area contributed by atoms with Gasteiger partial charge in [0.15, 0.2) is 0 Å². The number of carbonyl (C=O) groups is 1. The molecule has 0 saturated heterocycles. The van der Waals surface area contributed by atoms with Crippen molar-refractivity contribution in [2.45, 2.75) is 6.42 Å². The molecule has 0 aromatic rings. The number of allylic oxidation sites excluding steroid dienone is 4. The van der Waals surface area contributed by atoms with E-state index in [0.717, 1.165) is 6.42 Å². The van der Waals surface area contributed by atoms with E-state index >= 15 is 0 Å². The summed E-state index contributed by atoms with van der Waals surface area (Å²) in [7, 11) is 0. The van der Waals surface area contributed by atoms with Crippen LogP contribution in [0, 0.1) is 6.08 Å². The summed E-state index contributed by atoms with van der Waals surface area (Å²) < 4.78 is 0. The molecule has 0 heterocycles. The molecule has 0 atom stereocenters. The van der Waals surface area contributed by atoms with E-state index in [4.69, 9.17) is 4.79 Å². The molecule has 0 aliphatic heterocycles. The molecule has 2 heteroatoms. The third-order valence-corrected chi connectivity index (χ3v) is 0.586. The van der Waals surface area contributed by atoms with E-state index in [1.807, 2.05) is 18.9 Å². The van der Waals surface area contributed by atoms with Crippen molar-refractivity contribution in [3.63, 3.8) is 0 Å². The largest absolute Gasteiger partial charge is 1.00 e. The van der Waals surface area contributed by atoms with Gasteiger partial charge in [-0.1, -0.05) is 0 Å². The van der Waals surface area contributed by atoms with Crippen LogP contribution in [0.4, 0.5) is 0 Å².